The molecule has 200 valence electrons. The number of piperazine rings is 1. The van der Waals surface area contributed by atoms with Crippen LogP contribution in [0.25, 0.3) is 5.69 Å². The van der Waals surface area contributed by atoms with Gasteiger partial charge in [0.2, 0.25) is 11.8 Å². The zero-order valence-corrected chi connectivity index (χ0v) is 22.0. The summed E-state index contributed by atoms with van der Waals surface area (Å²) in [7, 11) is 0. The number of piperidine rings is 1. The standard InChI is InChI=1S/C29H41N5O3/c1-2-3-16-34-27(36)25(26(35)23-7-5-4-6-8-23)31-28(37)29(34)13-17-32(18-14-29)20-22-9-11-24(12-10-22)33-19-15-30-21-33/h9-12,15,19,21,23,25-26,35H,2-8,13-14,16-18,20H2,1H3,(H,31,37)/t25-,26-/m1/s1. The number of amides is 2. The second-order valence-electron chi connectivity index (χ2n) is 11.1. The van der Waals surface area contributed by atoms with Crippen LogP contribution in [0.1, 0.15) is 70.3 Å². The molecule has 1 spiro atoms. The molecule has 2 amide bonds. The van der Waals surface area contributed by atoms with Gasteiger partial charge >= 0.3 is 0 Å². The minimum atomic E-state index is -0.815. The molecule has 8 heteroatoms. The van der Waals surface area contributed by atoms with Crippen molar-refractivity contribution >= 4 is 11.8 Å². The largest absolute Gasteiger partial charge is 0.390 e. The Morgan fingerprint density at radius 3 is 2.49 bits per heavy atom. The van der Waals surface area contributed by atoms with Gasteiger partial charge in [-0.1, -0.05) is 44.7 Å². The van der Waals surface area contributed by atoms with Crippen molar-refractivity contribution in [2.75, 3.05) is 19.6 Å². The van der Waals surface area contributed by atoms with Crippen LogP contribution in [0.5, 0.6) is 0 Å². The van der Waals surface area contributed by atoms with E-state index in [2.05, 4.69) is 46.4 Å². The number of aromatic nitrogens is 2. The Hall–Kier alpha value is -2.71. The highest BCUT2D eigenvalue weighted by molar-refractivity contribution is 6.00. The first-order chi connectivity index (χ1) is 18.0. The fraction of sp³-hybridized carbons (Fsp3) is 0.621. The first-order valence-electron chi connectivity index (χ1n) is 14.1. The molecule has 2 saturated heterocycles. The number of aliphatic hydroxyl groups excluding tert-OH is 1. The third-order valence-corrected chi connectivity index (χ3v) is 8.80. The van der Waals surface area contributed by atoms with Gasteiger partial charge in [0, 0.05) is 44.3 Å². The van der Waals surface area contributed by atoms with Gasteiger partial charge in [-0.3, -0.25) is 14.5 Å². The van der Waals surface area contributed by atoms with Crippen molar-refractivity contribution in [3.63, 3.8) is 0 Å². The summed E-state index contributed by atoms with van der Waals surface area (Å²) in [5, 5.41) is 14.1. The molecule has 1 saturated carbocycles. The van der Waals surface area contributed by atoms with E-state index in [1.807, 2.05) is 15.7 Å². The predicted octanol–water partition coefficient (Wildman–Crippen LogP) is 3.28. The van der Waals surface area contributed by atoms with Crippen LogP contribution in [0.15, 0.2) is 43.0 Å². The smallest absolute Gasteiger partial charge is 0.248 e. The SMILES string of the molecule is CCCCN1C(=O)[C@@H]([C@H](O)C2CCCCC2)NC(=O)C12CCN(Cc1ccc(-n3ccnc3)cc1)CC2. The molecule has 3 fully saturated rings. The van der Waals surface area contributed by atoms with Crippen LogP contribution >= 0.6 is 0 Å². The van der Waals surface area contributed by atoms with Crippen molar-refractivity contribution in [3.8, 4) is 5.69 Å². The van der Waals surface area contributed by atoms with Gasteiger partial charge in [-0.05, 0) is 55.7 Å². The number of hydrogen-bond acceptors (Lipinski definition) is 5. The third kappa shape index (κ3) is 5.32. The average Bonchev–Trinajstić information content (AvgIpc) is 3.48. The number of hydrogen-bond donors (Lipinski definition) is 2. The Labute approximate surface area is 220 Å². The Kier molecular flexibility index (Phi) is 7.95. The van der Waals surface area contributed by atoms with Crippen LogP contribution in [0.3, 0.4) is 0 Å². The highest BCUT2D eigenvalue weighted by Gasteiger charge is 2.55. The first-order valence-corrected chi connectivity index (χ1v) is 14.1. The van der Waals surface area contributed by atoms with Crippen molar-refractivity contribution in [1.82, 2.24) is 24.7 Å². The molecule has 1 aromatic carbocycles. The molecule has 2 aliphatic heterocycles. The van der Waals surface area contributed by atoms with Gasteiger partial charge in [0.15, 0.2) is 0 Å². The number of nitrogens with one attached hydrogen (secondary N) is 1. The number of rotatable bonds is 8. The number of unbranched alkanes of at least 4 members (excludes halogenated alkanes) is 1. The fourth-order valence-electron chi connectivity index (χ4n) is 6.48. The maximum Gasteiger partial charge on any atom is 0.248 e. The van der Waals surface area contributed by atoms with Gasteiger partial charge in [0.25, 0.3) is 0 Å². The second kappa shape index (κ2) is 11.4. The van der Waals surface area contributed by atoms with Crippen molar-refractivity contribution in [3.05, 3.63) is 48.5 Å². The molecule has 3 aliphatic rings. The maximum atomic E-state index is 13.8. The van der Waals surface area contributed by atoms with Crippen LogP contribution in [-0.4, -0.2) is 73.6 Å². The molecule has 1 aromatic heterocycles. The van der Waals surface area contributed by atoms with Gasteiger partial charge in [0.1, 0.15) is 11.6 Å². The molecule has 0 bridgehead atoms. The minimum absolute atomic E-state index is 0.0765. The van der Waals surface area contributed by atoms with Crippen molar-refractivity contribution in [2.45, 2.75) is 88.9 Å². The molecule has 2 atom stereocenters. The quantitative estimate of drug-likeness (QED) is 0.572. The normalized spacial score (nSPS) is 23.8. The topological polar surface area (TPSA) is 90.7 Å². The van der Waals surface area contributed by atoms with E-state index in [9.17, 15) is 14.7 Å². The van der Waals surface area contributed by atoms with Gasteiger partial charge < -0.3 is 19.9 Å². The van der Waals surface area contributed by atoms with E-state index in [1.165, 1.54) is 12.0 Å². The minimum Gasteiger partial charge on any atom is -0.390 e. The van der Waals surface area contributed by atoms with Crippen LogP contribution in [-0.2, 0) is 16.1 Å². The van der Waals surface area contributed by atoms with E-state index in [0.717, 1.165) is 63.8 Å². The molecule has 2 N–H and O–H groups in total. The van der Waals surface area contributed by atoms with Crippen molar-refractivity contribution < 1.29 is 14.7 Å². The molecular weight excluding hydrogens is 466 g/mol. The van der Waals surface area contributed by atoms with Crippen molar-refractivity contribution in [1.29, 1.82) is 0 Å². The predicted molar refractivity (Wildman–Crippen MR) is 142 cm³/mol. The summed E-state index contributed by atoms with van der Waals surface area (Å²) in [4.78, 5) is 35.8. The summed E-state index contributed by atoms with van der Waals surface area (Å²) in [6.45, 7) is 5.00. The number of likely N-dealkylation sites (tertiary alicyclic amines) is 1. The average molecular weight is 508 g/mol. The molecule has 37 heavy (non-hydrogen) atoms. The third-order valence-electron chi connectivity index (χ3n) is 8.80. The second-order valence-corrected chi connectivity index (χ2v) is 11.1. The number of benzene rings is 1. The van der Waals surface area contributed by atoms with E-state index in [4.69, 9.17) is 0 Å². The summed E-state index contributed by atoms with van der Waals surface area (Å²) in [6, 6.07) is 7.66. The molecule has 8 nitrogen and oxygen atoms in total. The fourth-order valence-corrected chi connectivity index (χ4v) is 6.48. The lowest BCUT2D eigenvalue weighted by atomic mass is 9.78. The molecule has 5 rings (SSSR count). The first kappa shape index (κ1) is 25.9. The van der Waals surface area contributed by atoms with E-state index < -0.39 is 17.7 Å². The van der Waals surface area contributed by atoms with Gasteiger partial charge in [0.05, 0.1) is 12.4 Å². The number of carbonyl (C=O) groups is 2. The van der Waals surface area contributed by atoms with Gasteiger partial charge in [-0.25, -0.2) is 4.98 Å². The lowest BCUT2D eigenvalue weighted by Gasteiger charge is -2.52. The maximum absolute atomic E-state index is 13.8. The van der Waals surface area contributed by atoms with Crippen LogP contribution in [0.2, 0.25) is 0 Å². The van der Waals surface area contributed by atoms with E-state index in [1.54, 1.807) is 12.5 Å². The lowest BCUT2D eigenvalue weighted by Crippen LogP contribution is -2.75. The van der Waals surface area contributed by atoms with Crippen molar-refractivity contribution in [2.24, 2.45) is 5.92 Å². The number of carbonyl (C=O) groups excluding carboxylic acids is 2. The summed E-state index contributed by atoms with van der Waals surface area (Å²) < 4.78 is 1.98. The Morgan fingerprint density at radius 1 is 1.11 bits per heavy atom. The lowest BCUT2D eigenvalue weighted by molar-refractivity contribution is -0.166. The van der Waals surface area contributed by atoms with Crippen LogP contribution in [0, 0.1) is 5.92 Å². The summed E-state index contributed by atoms with van der Waals surface area (Å²) in [5.41, 5.74) is 1.49. The highest BCUT2D eigenvalue weighted by atomic mass is 16.3. The van der Waals surface area contributed by atoms with E-state index in [0.29, 0.717) is 19.4 Å². The van der Waals surface area contributed by atoms with Crippen LogP contribution in [0.4, 0.5) is 0 Å². The molecule has 3 heterocycles. The Bertz CT molecular complexity index is 1040. The summed E-state index contributed by atoms with van der Waals surface area (Å²) >= 11 is 0. The van der Waals surface area contributed by atoms with E-state index in [-0.39, 0.29) is 17.7 Å². The zero-order valence-electron chi connectivity index (χ0n) is 22.0. The van der Waals surface area contributed by atoms with Crippen LogP contribution < -0.4 is 5.32 Å². The van der Waals surface area contributed by atoms with Gasteiger partial charge in [-0.15, -0.1) is 0 Å². The molecule has 1 aliphatic carbocycles. The molecular formula is C29H41N5O3. The van der Waals surface area contributed by atoms with Gasteiger partial charge in [-0.2, -0.15) is 0 Å². The zero-order chi connectivity index (χ0) is 25.8. The summed E-state index contributed by atoms with van der Waals surface area (Å²) in [6.07, 6.45) is 13.0. The molecule has 2 aromatic rings. The highest BCUT2D eigenvalue weighted by Crippen LogP contribution is 2.36. The Balaban J connectivity index is 1.25. The number of aliphatic hydroxyl groups is 1. The molecule has 0 unspecified atom stereocenters. The Morgan fingerprint density at radius 2 is 1.84 bits per heavy atom. The summed E-state index contributed by atoms with van der Waals surface area (Å²) in [5.74, 6) is -0.0749. The molecule has 0 radical (unpaired) electrons. The number of imidazole rings is 1. The monoisotopic (exact) mass is 507 g/mol. The van der Waals surface area contributed by atoms with E-state index >= 15 is 0 Å². The number of nitrogens with zero attached hydrogens (tertiary/aromatic N) is 4.